The molecule has 2 aromatic carbocycles. The van der Waals surface area contributed by atoms with Crippen molar-refractivity contribution in [1.82, 2.24) is 14.7 Å². The third-order valence-electron chi connectivity index (χ3n) is 5.82. The van der Waals surface area contributed by atoms with Gasteiger partial charge in [0.05, 0.1) is 17.2 Å². The molecule has 0 N–H and O–H groups in total. The molecule has 4 rings (SSSR count). The molecule has 1 aliphatic heterocycles. The summed E-state index contributed by atoms with van der Waals surface area (Å²) in [4.78, 5) is 15.5. The van der Waals surface area contributed by atoms with Gasteiger partial charge in [-0.05, 0) is 61.7 Å². The van der Waals surface area contributed by atoms with Gasteiger partial charge < -0.3 is 4.74 Å². The van der Waals surface area contributed by atoms with Crippen molar-refractivity contribution in [3.63, 3.8) is 0 Å². The van der Waals surface area contributed by atoms with Crippen LogP contribution >= 0.6 is 24.0 Å². The summed E-state index contributed by atoms with van der Waals surface area (Å²) in [5.41, 5.74) is 4.68. The van der Waals surface area contributed by atoms with Gasteiger partial charge in [-0.25, -0.2) is 4.68 Å². The summed E-state index contributed by atoms with van der Waals surface area (Å²) in [6.07, 6.45) is 8.02. The Balaban J connectivity index is 1.71. The minimum atomic E-state index is -0.0194. The van der Waals surface area contributed by atoms with Crippen LogP contribution in [0, 0.1) is 6.92 Å². The minimum absolute atomic E-state index is 0.0194. The summed E-state index contributed by atoms with van der Waals surface area (Å²) in [7, 11) is 0. The molecule has 35 heavy (non-hydrogen) atoms. The van der Waals surface area contributed by atoms with E-state index in [0.717, 1.165) is 59.5 Å². The highest BCUT2D eigenvalue weighted by molar-refractivity contribution is 8.26. The Hall–Kier alpha value is -2.90. The number of rotatable bonds is 10. The summed E-state index contributed by atoms with van der Waals surface area (Å²) in [6, 6.07) is 16.1. The lowest BCUT2D eigenvalue weighted by Gasteiger charge is -2.13. The number of para-hydroxylation sites is 1. The number of carbonyl (C=O) groups excluding carboxylic acids is 1. The fraction of sp³-hybridized carbons (Fsp3) is 0.321. The van der Waals surface area contributed by atoms with Crippen LogP contribution in [0.3, 0.4) is 0 Å². The van der Waals surface area contributed by atoms with Crippen molar-refractivity contribution in [2.45, 2.75) is 46.5 Å². The maximum absolute atomic E-state index is 13.1. The van der Waals surface area contributed by atoms with Crippen molar-refractivity contribution < 1.29 is 9.53 Å². The molecule has 3 aromatic rings. The lowest BCUT2D eigenvalue weighted by molar-refractivity contribution is -0.122. The fourth-order valence-electron chi connectivity index (χ4n) is 3.95. The zero-order valence-corrected chi connectivity index (χ0v) is 22.1. The largest absolute Gasteiger partial charge is 0.493 e. The molecule has 2 heterocycles. The van der Waals surface area contributed by atoms with Crippen LogP contribution in [0.5, 0.6) is 5.75 Å². The summed E-state index contributed by atoms with van der Waals surface area (Å²) in [5, 5.41) is 4.91. The second kappa shape index (κ2) is 11.7. The maximum atomic E-state index is 13.1. The number of amides is 1. The van der Waals surface area contributed by atoms with E-state index in [1.165, 1.54) is 11.8 Å². The van der Waals surface area contributed by atoms with Gasteiger partial charge in [0, 0.05) is 23.9 Å². The number of hydrogen-bond donors (Lipinski definition) is 0. The van der Waals surface area contributed by atoms with E-state index in [-0.39, 0.29) is 5.91 Å². The van der Waals surface area contributed by atoms with Crippen molar-refractivity contribution in [2.75, 3.05) is 13.2 Å². The molecule has 0 radical (unpaired) electrons. The molecule has 182 valence electrons. The number of benzene rings is 2. The number of unbranched alkanes of at least 4 members (excludes halogenated alkanes) is 2. The first kappa shape index (κ1) is 25.2. The van der Waals surface area contributed by atoms with Crippen LogP contribution in [0.25, 0.3) is 23.0 Å². The highest BCUT2D eigenvalue weighted by atomic mass is 32.2. The molecular formula is C28H31N3O2S2. The Morgan fingerprint density at radius 1 is 1.09 bits per heavy atom. The van der Waals surface area contributed by atoms with Crippen molar-refractivity contribution in [3.8, 4) is 22.7 Å². The molecule has 0 bridgehead atoms. The normalized spacial score (nSPS) is 14.8. The second-order valence-corrected chi connectivity index (χ2v) is 10.3. The van der Waals surface area contributed by atoms with Crippen LogP contribution in [0.1, 0.15) is 50.7 Å². The van der Waals surface area contributed by atoms with E-state index in [1.807, 2.05) is 66.3 Å². The smallest absolute Gasteiger partial charge is 0.266 e. The first-order chi connectivity index (χ1) is 17.0. The molecule has 0 spiro atoms. The molecule has 1 aromatic heterocycles. The predicted molar refractivity (Wildman–Crippen MR) is 149 cm³/mol. The Kier molecular flexibility index (Phi) is 8.42. The van der Waals surface area contributed by atoms with Crippen molar-refractivity contribution in [3.05, 3.63) is 70.8 Å². The van der Waals surface area contributed by atoms with E-state index in [4.69, 9.17) is 22.1 Å². The second-order valence-electron chi connectivity index (χ2n) is 8.58. The van der Waals surface area contributed by atoms with E-state index in [2.05, 4.69) is 19.9 Å². The van der Waals surface area contributed by atoms with Gasteiger partial charge in [0.1, 0.15) is 15.8 Å². The lowest BCUT2D eigenvalue weighted by Crippen LogP contribution is -2.28. The first-order valence-corrected chi connectivity index (χ1v) is 13.4. The molecule has 7 heteroatoms. The molecule has 5 nitrogen and oxygen atoms in total. The van der Waals surface area contributed by atoms with Crippen LogP contribution in [-0.4, -0.2) is 38.1 Å². The van der Waals surface area contributed by atoms with E-state index in [1.54, 1.807) is 4.90 Å². The zero-order valence-electron chi connectivity index (χ0n) is 20.5. The van der Waals surface area contributed by atoms with Gasteiger partial charge in [0.15, 0.2) is 0 Å². The molecule has 0 atom stereocenters. The number of thiocarbonyl (C=S) groups is 1. The monoisotopic (exact) mass is 505 g/mol. The van der Waals surface area contributed by atoms with Crippen LogP contribution in [0.15, 0.2) is 59.6 Å². The summed E-state index contributed by atoms with van der Waals surface area (Å²) in [5.74, 6) is 0.863. The molecular weight excluding hydrogens is 474 g/mol. The maximum Gasteiger partial charge on any atom is 0.266 e. The molecule has 0 saturated carbocycles. The molecule has 0 aliphatic carbocycles. The van der Waals surface area contributed by atoms with Crippen molar-refractivity contribution in [2.24, 2.45) is 0 Å². The Morgan fingerprint density at radius 3 is 2.60 bits per heavy atom. The van der Waals surface area contributed by atoms with Gasteiger partial charge in [-0.15, -0.1) is 0 Å². The molecule has 1 saturated heterocycles. The average molecular weight is 506 g/mol. The molecule has 1 amide bonds. The van der Waals surface area contributed by atoms with Gasteiger partial charge in [-0.3, -0.25) is 9.69 Å². The molecule has 1 aliphatic rings. The number of carbonyl (C=O) groups is 1. The van der Waals surface area contributed by atoms with Crippen LogP contribution in [-0.2, 0) is 4.79 Å². The number of nitrogens with zero attached hydrogens (tertiary/aromatic N) is 3. The van der Waals surface area contributed by atoms with E-state index in [0.29, 0.717) is 22.4 Å². The number of thioether (sulfide) groups is 1. The fourth-order valence-corrected chi connectivity index (χ4v) is 5.25. The van der Waals surface area contributed by atoms with Gasteiger partial charge in [-0.2, -0.15) is 5.10 Å². The van der Waals surface area contributed by atoms with E-state index in [9.17, 15) is 4.79 Å². The quantitative estimate of drug-likeness (QED) is 0.168. The number of ether oxygens (including phenoxy) is 1. The Labute approximate surface area is 217 Å². The van der Waals surface area contributed by atoms with E-state index < -0.39 is 0 Å². The Morgan fingerprint density at radius 2 is 1.89 bits per heavy atom. The van der Waals surface area contributed by atoms with Gasteiger partial charge in [0.25, 0.3) is 5.91 Å². The van der Waals surface area contributed by atoms with Gasteiger partial charge in [-0.1, -0.05) is 68.9 Å². The standard InChI is InChI=1S/C28H31N3O2S2/c1-4-6-10-15-30-27(32)25(35-28(30)34)18-22-19-31(23-11-8-7-9-12-23)29-26(22)21-13-14-24(20(3)17-21)33-16-5-2/h7-9,11-14,17-19H,4-6,10,15-16H2,1-3H3/b25-18-. The molecule has 1 fully saturated rings. The third-order valence-corrected chi connectivity index (χ3v) is 7.20. The lowest BCUT2D eigenvalue weighted by atomic mass is 10.0. The topological polar surface area (TPSA) is 47.4 Å². The highest BCUT2D eigenvalue weighted by Gasteiger charge is 2.32. The average Bonchev–Trinajstić information content (AvgIpc) is 3.40. The van der Waals surface area contributed by atoms with Crippen LogP contribution < -0.4 is 4.74 Å². The third kappa shape index (κ3) is 5.85. The van der Waals surface area contributed by atoms with Crippen LogP contribution in [0.2, 0.25) is 0 Å². The number of aromatic nitrogens is 2. The minimum Gasteiger partial charge on any atom is -0.493 e. The number of hydrogen-bond acceptors (Lipinski definition) is 5. The highest BCUT2D eigenvalue weighted by Crippen LogP contribution is 2.36. The van der Waals surface area contributed by atoms with Crippen molar-refractivity contribution >= 4 is 40.3 Å². The van der Waals surface area contributed by atoms with Crippen LogP contribution in [0.4, 0.5) is 0 Å². The van der Waals surface area contributed by atoms with E-state index >= 15 is 0 Å². The zero-order chi connectivity index (χ0) is 24.8. The van der Waals surface area contributed by atoms with Gasteiger partial charge in [0.2, 0.25) is 0 Å². The van der Waals surface area contributed by atoms with Gasteiger partial charge >= 0.3 is 0 Å². The first-order valence-electron chi connectivity index (χ1n) is 12.2. The summed E-state index contributed by atoms with van der Waals surface area (Å²) >= 11 is 6.90. The summed E-state index contributed by atoms with van der Waals surface area (Å²) < 4.78 is 8.35. The summed E-state index contributed by atoms with van der Waals surface area (Å²) in [6.45, 7) is 7.65. The predicted octanol–water partition coefficient (Wildman–Crippen LogP) is 7.03. The van der Waals surface area contributed by atoms with Crippen molar-refractivity contribution in [1.29, 1.82) is 0 Å². The SMILES string of the molecule is CCCCCN1C(=O)/C(=C/c2cn(-c3ccccc3)nc2-c2ccc(OCCC)c(C)c2)SC1=S. The number of aryl methyl sites for hydroxylation is 1. The molecule has 0 unspecified atom stereocenters. The Bertz CT molecular complexity index is 1230.